The van der Waals surface area contributed by atoms with Crippen molar-refractivity contribution >= 4 is 0 Å². The van der Waals surface area contributed by atoms with Gasteiger partial charge in [-0.1, -0.05) is 31.4 Å². The van der Waals surface area contributed by atoms with Crippen molar-refractivity contribution in [3.05, 3.63) is 48.2 Å². The summed E-state index contributed by atoms with van der Waals surface area (Å²) in [4.78, 5) is 11.9. The van der Waals surface area contributed by atoms with Crippen molar-refractivity contribution < 1.29 is 4.39 Å². The summed E-state index contributed by atoms with van der Waals surface area (Å²) in [5.41, 5.74) is 2.71. The first-order chi connectivity index (χ1) is 12.3. The molecular formula is C21H26FN3. The second-order valence-electron chi connectivity index (χ2n) is 7.43. The average molecular weight is 339 g/mol. The Morgan fingerprint density at radius 2 is 1.80 bits per heavy atom. The first-order valence-corrected chi connectivity index (χ1v) is 9.62. The fourth-order valence-electron chi connectivity index (χ4n) is 4.51. The van der Waals surface area contributed by atoms with Crippen molar-refractivity contribution in [2.24, 2.45) is 0 Å². The highest BCUT2D eigenvalue weighted by Gasteiger charge is 2.29. The number of hydrogen-bond acceptors (Lipinski definition) is 3. The molecule has 2 heterocycles. The minimum Gasteiger partial charge on any atom is -0.300 e. The molecule has 1 atom stereocenters. The van der Waals surface area contributed by atoms with Crippen molar-refractivity contribution in [3.63, 3.8) is 0 Å². The van der Waals surface area contributed by atoms with Crippen LogP contribution in [0.4, 0.5) is 4.39 Å². The van der Waals surface area contributed by atoms with Crippen LogP contribution in [0.1, 0.15) is 56.6 Å². The van der Waals surface area contributed by atoms with E-state index in [0.717, 1.165) is 36.0 Å². The maximum Gasteiger partial charge on any atom is 0.123 e. The van der Waals surface area contributed by atoms with Crippen LogP contribution in [0.15, 0.2) is 36.7 Å². The topological polar surface area (TPSA) is 29.0 Å². The first-order valence-electron chi connectivity index (χ1n) is 9.62. The Hall–Kier alpha value is -1.81. The van der Waals surface area contributed by atoms with Gasteiger partial charge in [0.15, 0.2) is 0 Å². The lowest BCUT2D eigenvalue weighted by atomic mass is 9.87. The molecule has 3 nitrogen and oxygen atoms in total. The van der Waals surface area contributed by atoms with E-state index in [-0.39, 0.29) is 5.82 Å². The average Bonchev–Trinajstić information content (AvgIpc) is 2.69. The molecule has 2 aromatic rings. The van der Waals surface area contributed by atoms with E-state index in [9.17, 15) is 4.39 Å². The largest absolute Gasteiger partial charge is 0.300 e. The number of hydrogen-bond donors (Lipinski definition) is 0. The van der Waals surface area contributed by atoms with Gasteiger partial charge in [-0.2, -0.15) is 0 Å². The third-order valence-electron chi connectivity index (χ3n) is 5.76. The molecule has 1 aliphatic carbocycles. The maximum absolute atomic E-state index is 13.7. The summed E-state index contributed by atoms with van der Waals surface area (Å²) in [5.74, 6) is 0.171. The van der Waals surface area contributed by atoms with Crippen LogP contribution in [0.2, 0.25) is 0 Å². The number of piperidine rings is 1. The van der Waals surface area contributed by atoms with E-state index < -0.39 is 0 Å². The number of halogens is 1. The zero-order valence-corrected chi connectivity index (χ0v) is 14.7. The summed E-state index contributed by atoms with van der Waals surface area (Å²) in [6.45, 7) is 2.27. The minimum atomic E-state index is -0.221. The molecule has 1 aromatic carbocycles. The predicted octanol–water partition coefficient (Wildman–Crippen LogP) is 4.79. The van der Waals surface area contributed by atoms with Gasteiger partial charge in [0.05, 0.1) is 11.4 Å². The van der Waals surface area contributed by atoms with Crippen molar-refractivity contribution in [1.82, 2.24) is 14.9 Å². The quantitative estimate of drug-likeness (QED) is 0.805. The van der Waals surface area contributed by atoms with E-state index in [2.05, 4.69) is 14.9 Å². The van der Waals surface area contributed by atoms with Gasteiger partial charge in [-0.25, -0.2) is 4.39 Å². The number of likely N-dealkylation sites (tertiary alicyclic amines) is 1. The zero-order valence-electron chi connectivity index (χ0n) is 14.7. The molecule has 0 bridgehead atoms. The number of rotatable bonds is 3. The van der Waals surface area contributed by atoms with Gasteiger partial charge in [0.1, 0.15) is 5.82 Å². The maximum atomic E-state index is 13.7. The molecule has 1 aromatic heterocycles. The van der Waals surface area contributed by atoms with Crippen LogP contribution in [0, 0.1) is 5.82 Å². The molecule has 4 heteroatoms. The third-order valence-corrected chi connectivity index (χ3v) is 5.76. The van der Waals surface area contributed by atoms with Crippen LogP contribution in [-0.4, -0.2) is 34.0 Å². The van der Waals surface area contributed by atoms with Crippen LogP contribution in [-0.2, 0) is 0 Å². The van der Waals surface area contributed by atoms with Crippen molar-refractivity contribution in [1.29, 1.82) is 0 Å². The van der Waals surface area contributed by atoms with Gasteiger partial charge < -0.3 is 0 Å². The summed E-state index contributed by atoms with van der Waals surface area (Å²) in [5, 5.41) is 0. The first kappa shape index (κ1) is 16.6. The van der Waals surface area contributed by atoms with Gasteiger partial charge in [-0.3, -0.25) is 14.9 Å². The fourth-order valence-corrected chi connectivity index (χ4v) is 4.51. The lowest BCUT2D eigenvalue weighted by molar-refractivity contribution is 0.118. The van der Waals surface area contributed by atoms with E-state index in [1.165, 1.54) is 51.1 Å². The molecule has 0 N–H and O–H groups in total. The van der Waals surface area contributed by atoms with E-state index in [4.69, 9.17) is 0 Å². The molecule has 2 aliphatic rings. The SMILES string of the molecule is Fc1cccc(-c2nccnc2[C@@H]2CCCN(C3CCCCC3)C2)c1. The molecule has 1 aliphatic heterocycles. The molecule has 1 saturated heterocycles. The Morgan fingerprint density at radius 1 is 0.960 bits per heavy atom. The Kier molecular flexibility index (Phi) is 5.07. The predicted molar refractivity (Wildman–Crippen MR) is 97.8 cm³/mol. The van der Waals surface area contributed by atoms with E-state index in [1.807, 2.05) is 6.07 Å². The molecular weight excluding hydrogens is 313 g/mol. The van der Waals surface area contributed by atoms with Crippen LogP contribution < -0.4 is 0 Å². The summed E-state index contributed by atoms with van der Waals surface area (Å²) in [7, 11) is 0. The summed E-state index contributed by atoms with van der Waals surface area (Å²) in [6, 6.07) is 7.46. The van der Waals surface area contributed by atoms with Gasteiger partial charge in [0, 0.05) is 36.5 Å². The summed E-state index contributed by atoms with van der Waals surface area (Å²) in [6.07, 6.45) is 12.6. The molecule has 132 valence electrons. The second-order valence-corrected chi connectivity index (χ2v) is 7.43. The molecule has 1 saturated carbocycles. The number of nitrogens with zero attached hydrogens (tertiary/aromatic N) is 3. The standard InChI is InChI=1S/C21H26FN3/c22-18-8-4-6-16(14-18)20-21(24-12-11-23-20)17-7-5-13-25(15-17)19-9-2-1-3-10-19/h4,6,8,11-12,14,17,19H,1-3,5,7,9-10,13,15H2/t17-/m1/s1. The van der Waals surface area contributed by atoms with Gasteiger partial charge in [-0.15, -0.1) is 0 Å². The normalized spacial score (nSPS) is 22.8. The summed E-state index contributed by atoms with van der Waals surface area (Å²) >= 11 is 0. The van der Waals surface area contributed by atoms with Crippen molar-refractivity contribution in [2.45, 2.75) is 56.9 Å². The lowest BCUT2D eigenvalue weighted by Gasteiger charge is -2.40. The Labute approximate surface area is 149 Å². The molecule has 0 amide bonds. The van der Waals surface area contributed by atoms with Gasteiger partial charge >= 0.3 is 0 Å². The number of benzene rings is 1. The second kappa shape index (κ2) is 7.61. The van der Waals surface area contributed by atoms with Crippen molar-refractivity contribution in [2.75, 3.05) is 13.1 Å². The summed E-state index contributed by atoms with van der Waals surface area (Å²) < 4.78 is 13.7. The van der Waals surface area contributed by atoms with Crippen molar-refractivity contribution in [3.8, 4) is 11.3 Å². The highest BCUT2D eigenvalue weighted by atomic mass is 19.1. The molecule has 4 rings (SSSR count). The van der Waals surface area contributed by atoms with Crippen LogP contribution >= 0.6 is 0 Å². The highest BCUT2D eigenvalue weighted by Crippen LogP contribution is 2.34. The van der Waals surface area contributed by atoms with Gasteiger partial charge in [0.25, 0.3) is 0 Å². The molecule has 0 radical (unpaired) electrons. The fraction of sp³-hybridized carbons (Fsp3) is 0.524. The zero-order chi connectivity index (χ0) is 17.1. The minimum absolute atomic E-state index is 0.221. The smallest absolute Gasteiger partial charge is 0.123 e. The molecule has 2 fully saturated rings. The van der Waals surface area contributed by atoms with E-state index in [1.54, 1.807) is 24.5 Å². The van der Waals surface area contributed by atoms with Crippen LogP contribution in [0.5, 0.6) is 0 Å². The third kappa shape index (κ3) is 3.74. The molecule has 25 heavy (non-hydrogen) atoms. The Morgan fingerprint density at radius 3 is 2.64 bits per heavy atom. The molecule has 0 spiro atoms. The molecule has 0 unspecified atom stereocenters. The van der Waals surface area contributed by atoms with E-state index in [0.29, 0.717) is 5.92 Å². The Bertz CT molecular complexity index is 712. The highest BCUT2D eigenvalue weighted by molar-refractivity contribution is 5.62. The monoisotopic (exact) mass is 339 g/mol. The van der Waals surface area contributed by atoms with Gasteiger partial charge in [0.2, 0.25) is 0 Å². The number of aromatic nitrogens is 2. The Balaban J connectivity index is 1.59. The van der Waals surface area contributed by atoms with Crippen LogP contribution in [0.25, 0.3) is 11.3 Å². The van der Waals surface area contributed by atoms with Crippen LogP contribution in [0.3, 0.4) is 0 Å². The van der Waals surface area contributed by atoms with E-state index >= 15 is 0 Å². The van der Waals surface area contributed by atoms with Gasteiger partial charge in [-0.05, 0) is 44.4 Å². The lowest BCUT2D eigenvalue weighted by Crippen LogP contribution is -2.43.